The minimum Gasteiger partial charge on any atom is -0.461 e. The number of nitrogen functional groups attached to an aromatic ring is 1. The van der Waals surface area contributed by atoms with Crippen molar-refractivity contribution in [3.05, 3.63) is 41.0 Å². The molecule has 0 spiro atoms. The van der Waals surface area contributed by atoms with Gasteiger partial charge in [-0.3, -0.25) is 4.90 Å². The second-order valence-electron chi connectivity index (χ2n) is 11.7. The number of likely N-dealkylation sites (N-methyl/N-ethyl adjacent to an activating group) is 1. The Morgan fingerprint density at radius 3 is 2.76 bits per heavy atom. The standard InChI is InChI=1S/C30H28F6N6O2S/c1-14(43)11-41(2)27-17-8-19(30(34,35)36)22(16-4-5-20(32)25-21(16)18(10-37)26(38)45-25)23(33)24(17)39-28(40-27)44-13-29-6-3-7-42(29)12-15(31)9-29/h4-5,8,14-15,43H,3,6-7,9,11-13,38H2,1-2H3. The molecule has 2 saturated heterocycles. The number of benzene rings is 2. The Morgan fingerprint density at radius 2 is 2.07 bits per heavy atom. The van der Waals surface area contributed by atoms with Crippen LogP contribution < -0.4 is 15.4 Å². The lowest BCUT2D eigenvalue weighted by molar-refractivity contribution is -0.137. The fourth-order valence-corrected chi connectivity index (χ4v) is 7.62. The summed E-state index contributed by atoms with van der Waals surface area (Å²) in [5, 5.41) is 19.1. The molecular weight excluding hydrogens is 622 g/mol. The third-order valence-corrected chi connectivity index (χ3v) is 9.55. The van der Waals surface area contributed by atoms with Gasteiger partial charge in [-0.15, -0.1) is 11.3 Å². The topological polar surface area (TPSA) is 112 Å². The third kappa shape index (κ3) is 5.28. The summed E-state index contributed by atoms with van der Waals surface area (Å²) in [5.74, 6) is -2.36. The molecule has 0 saturated carbocycles. The van der Waals surface area contributed by atoms with Gasteiger partial charge in [0.2, 0.25) is 0 Å². The molecule has 2 fully saturated rings. The summed E-state index contributed by atoms with van der Waals surface area (Å²) >= 11 is 0.672. The van der Waals surface area contributed by atoms with Crippen molar-refractivity contribution in [3.63, 3.8) is 0 Å². The summed E-state index contributed by atoms with van der Waals surface area (Å²) in [4.78, 5) is 11.9. The second-order valence-corrected chi connectivity index (χ2v) is 12.7. The number of aliphatic hydroxyl groups excluding tert-OH is 1. The number of nitrogens with zero attached hydrogens (tertiary/aromatic N) is 5. The zero-order valence-corrected chi connectivity index (χ0v) is 25.0. The van der Waals surface area contributed by atoms with Gasteiger partial charge in [0.05, 0.1) is 27.5 Å². The van der Waals surface area contributed by atoms with E-state index in [4.69, 9.17) is 10.5 Å². The number of rotatable bonds is 7. The number of aromatic nitrogens is 2. The molecule has 0 amide bonds. The van der Waals surface area contributed by atoms with Gasteiger partial charge in [0.25, 0.3) is 0 Å². The van der Waals surface area contributed by atoms with E-state index in [2.05, 4.69) is 9.97 Å². The van der Waals surface area contributed by atoms with E-state index >= 15 is 4.39 Å². The van der Waals surface area contributed by atoms with Crippen molar-refractivity contribution < 1.29 is 36.2 Å². The molecule has 4 aromatic rings. The molecule has 8 nitrogen and oxygen atoms in total. The van der Waals surface area contributed by atoms with Gasteiger partial charge in [-0.25, -0.2) is 13.2 Å². The van der Waals surface area contributed by atoms with Crippen LogP contribution in [0.1, 0.15) is 37.3 Å². The van der Waals surface area contributed by atoms with E-state index in [0.717, 1.165) is 18.6 Å². The number of ether oxygens (including phenoxy) is 1. The Morgan fingerprint density at radius 1 is 1.31 bits per heavy atom. The van der Waals surface area contributed by atoms with Crippen LogP contribution in [0.4, 0.5) is 37.2 Å². The largest absolute Gasteiger partial charge is 0.461 e. The normalized spacial score (nSPS) is 20.9. The molecule has 3 N–H and O–H groups in total. The van der Waals surface area contributed by atoms with Crippen molar-refractivity contribution in [2.45, 2.75) is 50.2 Å². The van der Waals surface area contributed by atoms with E-state index < -0.39 is 52.3 Å². The number of fused-ring (bicyclic) bond motifs is 3. The lowest BCUT2D eigenvalue weighted by atomic mass is 9.92. The molecular formula is C30H28F6N6O2S. The van der Waals surface area contributed by atoms with E-state index in [1.165, 1.54) is 18.9 Å². The van der Waals surface area contributed by atoms with E-state index in [9.17, 15) is 32.3 Å². The highest BCUT2D eigenvalue weighted by Gasteiger charge is 2.49. The van der Waals surface area contributed by atoms with Crippen molar-refractivity contribution in [3.8, 4) is 23.2 Å². The van der Waals surface area contributed by atoms with Gasteiger partial charge < -0.3 is 20.5 Å². The molecule has 6 rings (SSSR count). The van der Waals surface area contributed by atoms with Crippen LogP contribution in [-0.2, 0) is 6.18 Å². The van der Waals surface area contributed by atoms with Gasteiger partial charge in [0.15, 0.2) is 5.82 Å². The van der Waals surface area contributed by atoms with Crippen LogP contribution in [0.25, 0.3) is 32.1 Å². The van der Waals surface area contributed by atoms with Gasteiger partial charge in [0, 0.05) is 42.9 Å². The van der Waals surface area contributed by atoms with Crippen molar-refractivity contribution in [1.82, 2.24) is 14.9 Å². The molecule has 0 bridgehead atoms. The third-order valence-electron chi connectivity index (χ3n) is 8.53. The molecule has 4 heterocycles. The number of halogens is 6. The summed E-state index contributed by atoms with van der Waals surface area (Å²) in [6.07, 6.45) is -5.35. The number of alkyl halides is 4. The van der Waals surface area contributed by atoms with E-state index in [-0.39, 0.29) is 69.5 Å². The van der Waals surface area contributed by atoms with E-state index in [0.29, 0.717) is 30.4 Å². The van der Waals surface area contributed by atoms with E-state index in [1.807, 2.05) is 4.90 Å². The van der Waals surface area contributed by atoms with Crippen LogP contribution in [-0.4, -0.2) is 71.1 Å². The number of thiophene rings is 1. The lowest BCUT2D eigenvalue weighted by Gasteiger charge is -2.31. The molecule has 238 valence electrons. The van der Waals surface area contributed by atoms with Crippen molar-refractivity contribution in [1.29, 1.82) is 5.26 Å². The Hall–Kier alpha value is -3.87. The first-order valence-corrected chi connectivity index (χ1v) is 15.0. The first-order chi connectivity index (χ1) is 21.2. The molecule has 2 aliphatic heterocycles. The monoisotopic (exact) mass is 650 g/mol. The van der Waals surface area contributed by atoms with Gasteiger partial charge in [-0.2, -0.15) is 28.4 Å². The Kier molecular flexibility index (Phi) is 7.73. The van der Waals surface area contributed by atoms with E-state index in [1.54, 1.807) is 6.07 Å². The SMILES string of the molecule is CC(O)CN(C)c1nc(OCC23CCCN2CC(F)C3)nc2c(F)c(-c3ccc(F)c4sc(N)c(C#N)c34)c(C(F)(F)F)cc12. The maximum absolute atomic E-state index is 16.7. The zero-order valence-electron chi connectivity index (χ0n) is 24.2. The zero-order chi connectivity index (χ0) is 32.4. The highest BCUT2D eigenvalue weighted by Crippen LogP contribution is 2.48. The molecule has 3 atom stereocenters. The fraction of sp³-hybridized carbons (Fsp3) is 0.433. The smallest absolute Gasteiger partial charge is 0.417 e. The fourth-order valence-electron chi connectivity index (χ4n) is 6.67. The molecule has 15 heteroatoms. The van der Waals surface area contributed by atoms with Crippen LogP contribution in [0.15, 0.2) is 18.2 Å². The Balaban J connectivity index is 1.59. The Labute approximate surface area is 257 Å². The highest BCUT2D eigenvalue weighted by atomic mass is 32.1. The number of hydrogen-bond donors (Lipinski definition) is 2. The van der Waals surface area contributed by atoms with Gasteiger partial charge in [-0.1, -0.05) is 6.07 Å². The minimum absolute atomic E-state index is 0.0219. The number of anilines is 2. The van der Waals surface area contributed by atoms with Crippen LogP contribution in [0.5, 0.6) is 6.01 Å². The predicted molar refractivity (Wildman–Crippen MR) is 158 cm³/mol. The number of aliphatic hydroxyl groups is 1. The molecule has 3 unspecified atom stereocenters. The number of nitrogens with two attached hydrogens (primary N) is 1. The molecule has 45 heavy (non-hydrogen) atoms. The first-order valence-electron chi connectivity index (χ1n) is 14.2. The maximum atomic E-state index is 16.7. The Bertz CT molecular complexity index is 1860. The minimum atomic E-state index is -5.11. The first kappa shape index (κ1) is 31.1. The lowest BCUT2D eigenvalue weighted by Crippen LogP contribution is -2.43. The van der Waals surface area contributed by atoms with Crippen molar-refractivity contribution >= 4 is 43.1 Å². The summed E-state index contributed by atoms with van der Waals surface area (Å²) in [7, 11) is 1.47. The van der Waals surface area contributed by atoms with Crippen LogP contribution in [0, 0.1) is 23.0 Å². The molecule has 2 aromatic heterocycles. The second kappa shape index (κ2) is 11.2. The number of nitriles is 1. The summed E-state index contributed by atoms with van der Waals surface area (Å²) in [5.41, 5.74) is 1.75. The van der Waals surface area contributed by atoms with Crippen LogP contribution in [0.2, 0.25) is 0 Å². The van der Waals surface area contributed by atoms with Gasteiger partial charge in [0.1, 0.15) is 41.0 Å². The average Bonchev–Trinajstić information content (AvgIpc) is 3.60. The maximum Gasteiger partial charge on any atom is 0.417 e. The molecule has 0 aliphatic carbocycles. The van der Waals surface area contributed by atoms with Crippen LogP contribution >= 0.6 is 11.3 Å². The molecule has 2 aliphatic rings. The predicted octanol–water partition coefficient (Wildman–Crippen LogP) is 6.03. The summed E-state index contributed by atoms with van der Waals surface area (Å²) < 4.78 is 95.7. The molecule has 2 aromatic carbocycles. The number of hydrogen-bond acceptors (Lipinski definition) is 9. The van der Waals surface area contributed by atoms with Gasteiger partial charge in [-0.05, 0) is 44.0 Å². The van der Waals surface area contributed by atoms with Crippen LogP contribution in [0.3, 0.4) is 0 Å². The van der Waals surface area contributed by atoms with Gasteiger partial charge >= 0.3 is 12.2 Å². The van der Waals surface area contributed by atoms with Crippen molar-refractivity contribution in [2.24, 2.45) is 0 Å². The quantitative estimate of drug-likeness (QED) is 0.233. The summed E-state index contributed by atoms with van der Waals surface area (Å²) in [6, 6.07) is 4.02. The van der Waals surface area contributed by atoms with Crippen molar-refractivity contribution in [2.75, 3.05) is 43.9 Å². The highest BCUT2D eigenvalue weighted by molar-refractivity contribution is 7.23. The summed E-state index contributed by atoms with van der Waals surface area (Å²) in [6.45, 7) is 2.32. The average molecular weight is 651 g/mol. The molecule has 0 radical (unpaired) electrons.